The van der Waals surface area contributed by atoms with Gasteiger partial charge in [-0.05, 0) is 11.1 Å². The molecule has 118 valence electrons. The van der Waals surface area contributed by atoms with Crippen molar-refractivity contribution in [3.05, 3.63) is 59.4 Å². The van der Waals surface area contributed by atoms with E-state index in [1.807, 2.05) is 6.07 Å². The molecule has 2 nitrogen and oxygen atoms in total. The zero-order chi connectivity index (χ0) is 16.6. The van der Waals surface area contributed by atoms with Gasteiger partial charge in [-0.1, -0.05) is 24.3 Å². The van der Waals surface area contributed by atoms with Crippen molar-refractivity contribution in [3.63, 3.8) is 0 Å². The molecule has 6 heteroatoms. The molecule has 0 bridgehead atoms. The maximum Gasteiger partial charge on any atom is 0.136 e. The summed E-state index contributed by atoms with van der Waals surface area (Å²) < 4.78 is 53.4. The summed E-state index contributed by atoms with van der Waals surface area (Å²) in [5.41, 5.74) is 0.648. The minimum absolute atomic E-state index is 0.251. The second-order valence-corrected chi connectivity index (χ2v) is 5.43. The predicted octanol–water partition coefficient (Wildman–Crippen LogP) is 3.69. The Balaban J connectivity index is 1.93. The standard InChI is InChI=1S/C17H12F4N2/c18-7-14-17(15(8-22)23-14)10-3-1-9(2-4-10)16-12(20)5-11(19)6-13(16)21/h1-6,14-15,17,23H,7H2/t14-,15-,17+/m0/s1. The van der Waals surface area contributed by atoms with E-state index in [4.69, 9.17) is 5.26 Å². The van der Waals surface area contributed by atoms with Gasteiger partial charge in [-0.25, -0.2) is 17.6 Å². The van der Waals surface area contributed by atoms with Gasteiger partial charge in [0.05, 0.1) is 11.6 Å². The normalized spacial score (nSPS) is 23.2. The van der Waals surface area contributed by atoms with Crippen LogP contribution in [0.5, 0.6) is 0 Å². The molecule has 0 radical (unpaired) electrons. The molecular formula is C17H12F4N2. The fourth-order valence-corrected chi connectivity index (χ4v) is 2.92. The third-order valence-corrected chi connectivity index (χ3v) is 4.08. The molecule has 1 fully saturated rings. The van der Waals surface area contributed by atoms with Crippen molar-refractivity contribution in [2.24, 2.45) is 0 Å². The number of nitriles is 1. The molecule has 1 heterocycles. The van der Waals surface area contributed by atoms with Gasteiger partial charge in [0.1, 0.15) is 30.2 Å². The van der Waals surface area contributed by atoms with Crippen molar-refractivity contribution in [3.8, 4) is 17.2 Å². The quantitative estimate of drug-likeness (QED) is 0.876. The van der Waals surface area contributed by atoms with E-state index in [-0.39, 0.29) is 17.0 Å². The van der Waals surface area contributed by atoms with E-state index in [0.717, 1.165) is 0 Å². The molecule has 3 rings (SSSR count). The van der Waals surface area contributed by atoms with E-state index in [1.165, 1.54) is 12.1 Å². The number of hydrogen-bond donors (Lipinski definition) is 1. The van der Waals surface area contributed by atoms with E-state index in [0.29, 0.717) is 17.7 Å². The molecule has 1 N–H and O–H groups in total. The Labute approximate surface area is 130 Å². The number of hydrogen-bond acceptors (Lipinski definition) is 2. The molecule has 0 spiro atoms. The van der Waals surface area contributed by atoms with Gasteiger partial charge >= 0.3 is 0 Å². The highest BCUT2D eigenvalue weighted by molar-refractivity contribution is 5.65. The maximum absolute atomic E-state index is 13.8. The van der Waals surface area contributed by atoms with Crippen molar-refractivity contribution in [1.29, 1.82) is 5.26 Å². The maximum atomic E-state index is 13.8. The summed E-state index contributed by atoms with van der Waals surface area (Å²) in [6.07, 6.45) is 0. The van der Waals surface area contributed by atoms with Crippen molar-refractivity contribution in [1.82, 2.24) is 5.32 Å². The van der Waals surface area contributed by atoms with Crippen LogP contribution in [-0.4, -0.2) is 18.8 Å². The molecular weight excluding hydrogens is 308 g/mol. The van der Waals surface area contributed by atoms with E-state index in [2.05, 4.69) is 5.32 Å². The molecule has 1 aliphatic rings. The van der Waals surface area contributed by atoms with Crippen LogP contribution in [0.25, 0.3) is 11.1 Å². The minimum Gasteiger partial charge on any atom is -0.295 e. The Hall–Kier alpha value is -2.39. The predicted molar refractivity (Wildman–Crippen MR) is 76.8 cm³/mol. The first kappa shape index (κ1) is 15.5. The molecule has 0 aromatic heterocycles. The highest BCUT2D eigenvalue weighted by atomic mass is 19.1. The van der Waals surface area contributed by atoms with Crippen LogP contribution in [0.3, 0.4) is 0 Å². The van der Waals surface area contributed by atoms with Crippen LogP contribution in [-0.2, 0) is 0 Å². The van der Waals surface area contributed by atoms with Gasteiger partial charge < -0.3 is 0 Å². The number of halogens is 4. The van der Waals surface area contributed by atoms with E-state index in [9.17, 15) is 17.6 Å². The van der Waals surface area contributed by atoms with Crippen molar-refractivity contribution in [2.45, 2.75) is 18.0 Å². The average molecular weight is 320 g/mol. The molecule has 0 amide bonds. The number of nitrogens with zero attached hydrogens (tertiary/aromatic N) is 1. The van der Waals surface area contributed by atoms with E-state index in [1.54, 1.807) is 12.1 Å². The Morgan fingerprint density at radius 2 is 1.65 bits per heavy atom. The highest BCUT2D eigenvalue weighted by Crippen LogP contribution is 2.34. The Bertz CT molecular complexity index is 744. The number of alkyl halides is 1. The van der Waals surface area contributed by atoms with Crippen LogP contribution < -0.4 is 5.32 Å². The van der Waals surface area contributed by atoms with Gasteiger partial charge in [0.15, 0.2) is 0 Å². The van der Waals surface area contributed by atoms with Gasteiger partial charge in [0.25, 0.3) is 0 Å². The van der Waals surface area contributed by atoms with E-state index >= 15 is 0 Å². The number of benzene rings is 2. The SMILES string of the molecule is N#C[C@@H]1N[C@@H](CF)[C@H]1c1ccc(-c2c(F)cc(F)cc2F)cc1. The summed E-state index contributed by atoms with van der Waals surface area (Å²) in [5, 5.41) is 11.8. The molecule has 1 saturated heterocycles. The van der Waals surface area contributed by atoms with Crippen molar-refractivity contribution >= 4 is 0 Å². The van der Waals surface area contributed by atoms with Crippen LogP contribution in [0.1, 0.15) is 11.5 Å². The smallest absolute Gasteiger partial charge is 0.136 e. The second-order valence-electron chi connectivity index (χ2n) is 5.43. The van der Waals surface area contributed by atoms with Crippen molar-refractivity contribution < 1.29 is 17.6 Å². The summed E-state index contributed by atoms with van der Waals surface area (Å²) in [6.45, 7) is -0.605. The van der Waals surface area contributed by atoms with Crippen LogP contribution >= 0.6 is 0 Å². The highest BCUT2D eigenvalue weighted by Gasteiger charge is 2.41. The lowest BCUT2D eigenvalue weighted by atomic mass is 9.78. The molecule has 3 atom stereocenters. The lowest BCUT2D eigenvalue weighted by Gasteiger charge is -2.41. The zero-order valence-corrected chi connectivity index (χ0v) is 11.9. The molecule has 0 unspecified atom stereocenters. The first-order valence-corrected chi connectivity index (χ1v) is 7.01. The van der Waals surface area contributed by atoms with Crippen LogP contribution in [0, 0.1) is 28.8 Å². The topological polar surface area (TPSA) is 35.8 Å². The summed E-state index contributed by atoms with van der Waals surface area (Å²) in [5.74, 6) is -3.26. The van der Waals surface area contributed by atoms with Crippen molar-refractivity contribution in [2.75, 3.05) is 6.67 Å². The molecule has 2 aromatic rings. The van der Waals surface area contributed by atoms with Crippen LogP contribution in [0.2, 0.25) is 0 Å². The van der Waals surface area contributed by atoms with Crippen LogP contribution in [0.15, 0.2) is 36.4 Å². The lowest BCUT2D eigenvalue weighted by Crippen LogP contribution is -2.59. The van der Waals surface area contributed by atoms with E-state index < -0.39 is 36.2 Å². The van der Waals surface area contributed by atoms with Crippen LogP contribution in [0.4, 0.5) is 17.6 Å². The molecule has 0 aliphatic carbocycles. The van der Waals surface area contributed by atoms with Gasteiger partial charge in [-0.2, -0.15) is 5.26 Å². The fraction of sp³-hybridized carbons (Fsp3) is 0.235. The summed E-state index contributed by atoms with van der Waals surface area (Å²) in [4.78, 5) is 0. The van der Waals surface area contributed by atoms with Gasteiger partial charge in [0.2, 0.25) is 0 Å². The third-order valence-electron chi connectivity index (χ3n) is 4.08. The first-order chi connectivity index (χ1) is 11.0. The molecule has 0 saturated carbocycles. The summed E-state index contributed by atoms with van der Waals surface area (Å²) in [6, 6.07) is 8.54. The Kier molecular flexibility index (Phi) is 4.05. The number of rotatable bonds is 3. The summed E-state index contributed by atoms with van der Waals surface area (Å²) >= 11 is 0. The van der Waals surface area contributed by atoms with Gasteiger partial charge in [-0.15, -0.1) is 0 Å². The average Bonchev–Trinajstić information content (AvgIpc) is 2.48. The molecule has 23 heavy (non-hydrogen) atoms. The third kappa shape index (κ3) is 2.68. The fourth-order valence-electron chi connectivity index (χ4n) is 2.92. The second kappa shape index (κ2) is 6.01. The van der Waals surface area contributed by atoms with Gasteiger partial charge in [0, 0.05) is 24.1 Å². The zero-order valence-electron chi connectivity index (χ0n) is 11.9. The molecule has 1 aliphatic heterocycles. The Morgan fingerprint density at radius 3 is 2.17 bits per heavy atom. The molecule has 2 aromatic carbocycles. The number of nitrogens with one attached hydrogen (secondary N) is 1. The summed E-state index contributed by atoms with van der Waals surface area (Å²) in [7, 11) is 0. The monoisotopic (exact) mass is 320 g/mol. The Morgan fingerprint density at radius 1 is 1.04 bits per heavy atom. The lowest BCUT2D eigenvalue weighted by molar-refractivity contribution is 0.210. The first-order valence-electron chi connectivity index (χ1n) is 7.01. The van der Waals surface area contributed by atoms with Gasteiger partial charge in [-0.3, -0.25) is 5.32 Å². The largest absolute Gasteiger partial charge is 0.295 e. The minimum atomic E-state index is -0.989.